The van der Waals surface area contributed by atoms with E-state index in [9.17, 15) is 0 Å². The fourth-order valence-corrected chi connectivity index (χ4v) is 1.33. The quantitative estimate of drug-likeness (QED) is 0.618. The van der Waals surface area contributed by atoms with E-state index in [0.717, 1.165) is 9.13 Å². The van der Waals surface area contributed by atoms with Crippen LogP contribution in [0.1, 0.15) is 5.56 Å². The van der Waals surface area contributed by atoms with Gasteiger partial charge in [-0.05, 0) is 40.3 Å². The van der Waals surface area contributed by atoms with Crippen molar-refractivity contribution < 1.29 is 0 Å². The smallest absolute Gasteiger partial charge is 0.0670 e. The Morgan fingerprint density at radius 2 is 2.27 bits per heavy atom. The molecule has 0 bridgehead atoms. The van der Waals surface area contributed by atoms with Crippen LogP contribution in [-0.4, -0.2) is 0 Å². The van der Waals surface area contributed by atoms with Crippen molar-refractivity contribution in [2.45, 2.75) is 6.42 Å². The van der Waals surface area contributed by atoms with Gasteiger partial charge in [0.15, 0.2) is 0 Å². The van der Waals surface area contributed by atoms with Crippen molar-refractivity contribution >= 4 is 28.3 Å². The highest BCUT2D eigenvalue weighted by Crippen LogP contribution is 2.15. The van der Waals surface area contributed by atoms with Gasteiger partial charge in [-0.3, -0.25) is 0 Å². The average Bonchev–Trinajstić information content (AvgIpc) is 1.95. The lowest BCUT2D eigenvalue weighted by Crippen LogP contribution is -1.93. The van der Waals surface area contributed by atoms with Crippen molar-refractivity contribution in [3.8, 4) is 6.07 Å². The maximum Gasteiger partial charge on any atom is 0.0670 e. The van der Waals surface area contributed by atoms with E-state index in [1.54, 1.807) is 0 Å². The van der Waals surface area contributed by atoms with Crippen LogP contribution in [0.3, 0.4) is 0 Å². The summed E-state index contributed by atoms with van der Waals surface area (Å²) in [6.45, 7) is 0. The van der Waals surface area contributed by atoms with Crippen molar-refractivity contribution in [2.75, 3.05) is 5.73 Å². The topological polar surface area (TPSA) is 49.8 Å². The molecule has 0 unspecified atom stereocenters. The Hall–Kier alpha value is -0.760. The van der Waals surface area contributed by atoms with E-state index >= 15 is 0 Å². The molecule has 0 aromatic heterocycles. The molecule has 1 aromatic rings. The number of hydrogen-bond acceptors (Lipinski definition) is 2. The largest absolute Gasteiger partial charge is 0.398 e. The fraction of sp³-hybridized carbons (Fsp3) is 0.125. The number of anilines is 1. The van der Waals surface area contributed by atoms with Crippen molar-refractivity contribution in [2.24, 2.45) is 0 Å². The molecule has 0 amide bonds. The first kappa shape index (κ1) is 8.34. The Bertz CT molecular complexity index is 301. The first-order valence-electron chi connectivity index (χ1n) is 3.15. The molecule has 2 N–H and O–H groups in total. The van der Waals surface area contributed by atoms with Gasteiger partial charge in [-0.25, -0.2) is 0 Å². The zero-order valence-corrected chi connectivity index (χ0v) is 8.00. The Morgan fingerprint density at radius 3 is 2.82 bits per heavy atom. The maximum absolute atomic E-state index is 8.41. The van der Waals surface area contributed by atoms with Crippen LogP contribution in [-0.2, 0) is 6.42 Å². The standard InChI is InChI=1S/C8H7IN2/c9-7-2-1-6(3-4-10)8(11)5-7/h1-2,5H,3,11H2. The first-order valence-corrected chi connectivity index (χ1v) is 4.23. The van der Waals surface area contributed by atoms with E-state index in [1.165, 1.54) is 0 Å². The normalized spacial score (nSPS) is 9.09. The van der Waals surface area contributed by atoms with Crippen LogP contribution < -0.4 is 5.73 Å². The third-order valence-corrected chi connectivity index (χ3v) is 2.05. The lowest BCUT2D eigenvalue weighted by atomic mass is 10.1. The lowest BCUT2D eigenvalue weighted by molar-refractivity contribution is 1.26. The molecule has 3 heteroatoms. The van der Waals surface area contributed by atoms with E-state index < -0.39 is 0 Å². The molecule has 0 radical (unpaired) electrons. The predicted molar refractivity (Wildman–Crippen MR) is 52.9 cm³/mol. The third kappa shape index (κ3) is 2.09. The Labute approximate surface area is 79.2 Å². The summed E-state index contributed by atoms with van der Waals surface area (Å²) in [7, 11) is 0. The summed E-state index contributed by atoms with van der Waals surface area (Å²) in [5.74, 6) is 0. The van der Waals surface area contributed by atoms with Crippen LogP contribution in [0.4, 0.5) is 5.69 Å². The van der Waals surface area contributed by atoms with Gasteiger partial charge in [0, 0.05) is 9.26 Å². The van der Waals surface area contributed by atoms with E-state index in [-0.39, 0.29) is 0 Å². The van der Waals surface area contributed by atoms with E-state index in [2.05, 4.69) is 28.7 Å². The highest BCUT2D eigenvalue weighted by atomic mass is 127. The second kappa shape index (κ2) is 3.58. The second-order valence-corrected chi connectivity index (χ2v) is 3.42. The molecule has 1 aromatic carbocycles. The van der Waals surface area contributed by atoms with E-state index in [4.69, 9.17) is 11.0 Å². The molecule has 0 aliphatic rings. The Morgan fingerprint density at radius 1 is 1.55 bits per heavy atom. The minimum Gasteiger partial charge on any atom is -0.398 e. The first-order chi connectivity index (χ1) is 5.24. The van der Waals surface area contributed by atoms with Gasteiger partial charge in [-0.1, -0.05) is 6.07 Å². The van der Waals surface area contributed by atoms with Crippen molar-refractivity contribution in [3.63, 3.8) is 0 Å². The van der Waals surface area contributed by atoms with E-state index in [1.807, 2.05) is 18.2 Å². The molecule has 0 spiro atoms. The second-order valence-electron chi connectivity index (χ2n) is 2.18. The molecule has 0 fully saturated rings. The number of halogens is 1. The van der Waals surface area contributed by atoms with Gasteiger partial charge in [-0.2, -0.15) is 5.26 Å². The maximum atomic E-state index is 8.41. The summed E-state index contributed by atoms with van der Waals surface area (Å²) in [6.07, 6.45) is 0.392. The summed E-state index contributed by atoms with van der Waals surface area (Å²) in [5, 5.41) is 8.41. The fourth-order valence-electron chi connectivity index (χ4n) is 0.812. The number of rotatable bonds is 1. The molecule has 11 heavy (non-hydrogen) atoms. The number of nitriles is 1. The predicted octanol–water partition coefficient (Wildman–Crippen LogP) is 1.94. The minimum atomic E-state index is 0.392. The van der Waals surface area contributed by atoms with Crippen molar-refractivity contribution in [1.29, 1.82) is 5.26 Å². The molecular weight excluding hydrogens is 251 g/mol. The summed E-state index contributed by atoms with van der Waals surface area (Å²) >= 11 is 2.19. The molecule has 56 valence electrons. The van der Waals surface area contributed by atoms with Crippen LogP contribution in [0.15, 0.2) is 18.2 Å². The number of nitrogen functional groups attached to an aromatic ring is 1. The van der Waals surface area contributed by atoms with Crippen LogP contribution in [0.25, 0.3) is 0 Å². The molecule has 1 rings (SSSR count). The van der Waals surface area contributed by atoms with Gasteiger partial charge in [0.05, 0.1) is 12.5 Å². The van der Waals surface area contributed by atoms with Gasteiger partial charge in [-0.15, -0.1) is 0 Å². The van der Waals surface area contributed by atoms with Crippen molar-refractivity contribution in [3.05, 3.63) is 27.3 Å². The van der Waals surface area contributed by atoms with Crippen LogP contribution in [0.5, 0.6) is 0 Å². The monoisotopic (exact) mass is 258 g/mol. The van der Waals surface area contributed by atoms with Gasteiger partial charge < -0.3 is 5.73 Å². The highest BCUT2D eigenvalue weighted by Gasteiger charge is 1.97. The number of nitrogens with two attached hydrogens (primary N) is 1. The number of hydrogen-bond donors (Lipinski definition) is 1. The van der Waals surface area contributed by atoms with Crippen LogP contribution >= 0.6 is 22.6 Å². The summed E-state index contributed by atoms with van der Waals surface area (Å²) in [5.41, 5.74) is 7.27. The molecule has 0 heterocycles. The van der Waals surface area contributed by atoms with Gasteiger partial charge in [0.25, 0.3) is 0 Å². The summed E-state index contributed by atoms with van der Waals surface area (Å²) in [6, 6.07) is 7.77. The SMILES string of the molecule is N#CCc1ccc(I)cc1N. The van der Waals surface area contributed by atoms with Gasteiger partial charge in [0.2, 0.25) is 0 Å². The van der Waals surface area contributed by atoms with E-state index in [0.29, 0.717) is 12.1 Å². The highest BCUT2D eigenvalue weighted by molar-refractivity contribution is 14.1. The number of benzene rings is 1. The summed E-state index contributed by atoms with van der Waals surface area (Å²) in [4.78, 5) is 0. The minimum absolute atomic E-state index is 0.392. The summed E-state index contributed by atoms with van der Waals surface area (Å²) < 4.78 is 1.10. The Balaban J connectivity index is 3.01. The molecule has 0 aliphatic carbocycles. The third-order valence-electron chi connectivity index (χ3n) is 1.38. The zero-order chi connectivity index (χ0) is 8.27. The number of nitrogens with zero attached hydrogens (tertiary/aromatic N) is 1. The van der Waals surface area contributed by atoms with Gasteiger partial charge in [0.1, 0.15) is 0 Å². The molecular formula is C8H7IN2. The lowest BCUT2D eigenvalue weighted by Gasteiger charge is -2.00. The zero-order valence-electron chi connectivity index (χ0n) is 5.84. The average molecular weight is 258 g/mol. The van der Waals surface area contributed by atoms with Gasteiger partial charge >= 0.3 is 0 Å². The van der Waals surface area contributed by atoms with Crippen LogP contribution in [0, 0.1) is 14.9 Å². The molecule has 0 saturated carbocycles. The molecule has 0 saturated heterocycles. The molecule has 0 aliphatic heterocycles. The Kier molecular flexibility index (Phi) is 2.71. The molecule has 2 nitrogen and oxygen atoms in total. The van der Waals surface area contributed by atoms with Crippen molar-refractivity contribution in [1.82, 2.24) is 0 Å². The van der Waals surface area contributed by atoms with Crippen LogP contribution in [0.2, 0.25) is 0 Å². The molecule has 0 atom stereocenters.